The van der Waals surface area contributed by atoms with E-state index in [-0.39, 0.29) is 23.6 Å². The van der Waals surface area contributed by atoms with E-state index in [1.165, 1.54) is 4.68 Å². The zero-order chi connectivity index (χ0) is 18.7. The maximum atomic E-state index is 12.9. The maximum Gasteiger partial charge on any atom is 0.275 e. The van der Waals surface area contributed by atoms with E-state index < -0.39 is 0 Å². The molecular weight excluding hydrogens is 352 g/mol. The Bertz CT molecular complexity index is 790. The third kappa shape index (κ3) is 3.90. The summed E-state index contributed by atoms with van der Waals surface area (Å²) in [6, 6.07) is 9.90. The SMILES string of the molecule is CCC1CN(C(=O)c2nn(C)cc2Cl)CCC(=O)N1Cc1ccccc1. The van der Waals surface area contributed by atoms with Crippen molar-refractivity contribution in [3.05, 3.63) is 52.8 Å². The zero-order valence-corrected chi connectivity index (χ0v) is 15.8. The third-order valence-electron chi connectivity index (χ3n) is 4.73. The molecular formula is C19H23ClN4O2. The Morgan fingerprint density at radius 3 is 2.65 bits per heavy atom. The number of amides is 2. The first-order valence-corrected chi connectivity index (χ1v) is 9.19. The van der Waals surface area contributed by atoms with E-state index in [1.807, 2.05) is 42.2 Å². The van der Waals surface area contributed by atoms with Crippen molar-refractivity contribution in [1.82, 2.24) is 19.6 Å². The highest BCUT2D eigenvalue weighted by Crippen LogP contribution is 2.21. The van der Waals surface area contributed by atoms with Crippen LogP contribution < -0.4 is 0 Å². The van der Waals surface area contributed by atoms with Crippen LogP contribution >= 0.6 is 11.6 Å². The number of hydrogen-bond acceptors (Lipinski definition) is 3. The zero-order valence-electron chi connectivity index (χ0n) is 15.1. The molecule has 1 atom stereocenters. The third-order valence-corrected chi connectivity index (χ3v) is 5.01. The van der Waals surface area contributed by atoms with Crippen LogP contribution in [0.2, 0.25) is 5.02 Å². The van der Waals surface area contributed by atoms with E-state index in [0.717, 1.165) is 12.0 Å². The summed E-state index contributed by atoms with van der Waals surface area (Å²) < 4.78 is 1.53. The fourth-order valence-electron chi connectivity index (χ4n) is 3.31. The van der Waals surface area contributed by atoms with Crippen molar-refractivity contribution in [3.63, 3.8) is 0 Å². The second kappa shape index (κ2) is 7.91. The molecule has 0 bridgehead atoms. The van der Waals surface area contributed by atoms with E-state index >= 15 is 0 Å². The fraction of sp³-hybridized carbons (Fsp3) is 0.421. The lowest BCUT2D eigenvalue weighted by Gasteiger charge is -2.31. The number of hydrogen-bond donors (Lipinski definition) is 0. The quantitative estimate of drug-likeness (QED) is 0.826. The maximum absolute atomic E-state index is 12.9. The highest BCUT2D eigenvalue weighted by molar-refractivity contribution is 6.33. The predicted molar refractivity (Wildman–Crippen MR) is 99.8 cm³/mol. The molecule has 0 radical (unpaired) electrons. The summed E-state index contributed by atoms with van der Waals surface area (Å²) in [5.74, 6) is -0.147. The van der Waals surface area contributed by atoms with Gasteiger partial charge in [-0.3, -0.25) is 14.3 Å². The summed E-state index contributed by atoms with van der Waals surface area (Å²) in [4.78, 5) is 29.2. The molecule has 1 aliphatic heterocycles. The molecule has 26 heavy (non-hydrogen) atoms. The summed E-state index contributed by atoms with van der Waals surface area (Å²) in [5, 5.41) is 4.50. The lowest BCUT2D eigenvalue weighted by Crippen LogP contribution is -2.43. The molecule has 6 nitrogen and oxygen atoms in total. The predicted octanol–water partition coefficient (Wildman–Crippen LogP) is 2.73. The molecule has 7 heteroatoms. The Kier molecular flexibility index (Phi) is 5.61. The minimum atomic E-state index is -0.219. The Morgan fingerprint density at radius 2 is 2.04 bits per heavy atom. The Balaban J connectivity index is 1.80. The molecule has 0 saturated carbocycles. The number of nitrogens with zero attached hydrogens (tertiary/aromatic N) is 4. The van der Waals surface area contributed by atoms with Crippen LogP contribution in [0.3, 0.4) is 0 Å². The van der Waals surface area contributed by atoms with Gasteiger partial charge < -0.3 is 9.80 Å². The van der Waals surface area contributed by atoms with Gasteiger partial charge in [-0.25, -0.2) is 0 Å². The monoisotopic (exact) mass is 374 g/mol. The van der Waals surface area contributed by atoms with Gasteiger partial charge in [0.2, 0.25) is 5.91 Å². The van der Waals surface area contributed by atoms with Gasteiger partial charge >= 0.3 is 0 Å². The number of carbonyl (C=O) groups is 2. The Morgan fingerprint density at radius 1 is 1.31 bits per heavy atom. The number of halogens is 1. The van der Waals surface area contributed by atoms with Gasteiger partial charge in [0.15, 0.2) is 5.69 Å². The molecule has 1 fully saturated rings. The molecule has 1 unspecified atom stereocenters. The molecule has 2 aromatic rings. The van der Waals surface area contributed by atoms with Crippen LogP contribution in [0.15, 0.2) is 36.5 Å². The number of rotatable bonds is 4. The number of aromatic nitrogens is 2. The van der Waals surface area contributed by atoms with Crippen LogP contribution in [0.1, 0.15) is 35.8 Å². The molecule has 1 aromatic heterocycles. The van der Waals surface area contributed by atoms with Gasteiger partial charge in [-0.1, -0.05) is 48.9 Å². The summed E-state index contributed by atoms with van der Waals surface area (Å²) >= 11 is 6.13. The van der Waals surface area contributed by atoms with Crippen LogP contribution in [0, 0.1) is 0 Å². The van der Waals surface area contributed by atoms with Gasteiger partial charge in [-0.2, -0.15) is 5.10 Å². The molecule has 0 spiro atoms. The summed E-state index contributed by atoms with van der Waals surface area (Å²) in [6.45, 7) is 3.47. The highest BCUT2D eigenvalue weighted by Gasteiger charge is 2.32. The molecule has 1 aliphatic rings. The second-order valence-corrected chi connectivity index (χ2v) is 6.98. The van der Waals surface area contributed by atoms with Crippen molar-refractivity contribution in [2.24, 2.45) is 7.05 Å². The Hall–Kier alpha value is -2.34. The van der Waals surface area contributed by atoms with E-state index in [9.17, 15) is 9.59 Å². The van der Waals surface area contributed by atoms with Crippen LogP contribution in [0.25, 0.3) is 0 Å². The van der Waals surface area contributed by atoms with E-state index in [2.05, 4.69) is 5.10 Å². The normalized spacial score (nSPS) is 18.1. The van der Waals surface area contributed by atoms with Gasteiger partial charge in [0, 0.05) is 45.3 Å². The molecule has 1 aromatic carbocycles. The molecule has 1 saturated heterocycles. The number of carbonyl (C=O) groups excluding carboxylic acids is 2. The summed E-state index contributed by atoms with van der Waals surface area (Å²) in [5.41, 5.74) is 1.33. The highest BCUT2D eigenvalue weighted by atomic mass is 35.5. The molecule has 2 amide bonds. The van der Waals surface area contributed by atoms with Crippen LogP contribution in [-0.2, 0) is 18.4 Å². The smallest absolute Gasteiger partial charge is 0.275 e. The topological polar surface area (TPSA) is 58.4 Å². The van der Waals surface area contributed by atoms with Gasteiger partial charge in [0.25, 0.3) is 5.91 Å². The van der Waals surface area contributed by atoms with Gasteiger partial charge in [0.05, 0.1) is 5.02 Å². The molecule has 2 heterocycles. The first kappa shape index (κ1) is 18.5. The van der Waals surface area contributed by atoms with Gasteiger partial charge in [-0.15, -0.1) is 0 Å². The summed E-state index contributed by atoms with van der Waals surface area (Å²) in [7, 11) is 1.73. The minimum Gasteiger partial charge on any atom is -0.335 e. The first-order valence-electron chi connectivity index (χ1n) is 8.81. The average molecular weight is 375 g/mol. The molecule has 0 aliphatic carbocycles. The van der Waals surface area contributed by atoms with Crippen LogP contribution in [0.5, 0.6) is 0 Å². The lowest BCUT2D eigenvalue weighted by molar-refractivity contribution is -0.133. The van der Waals surface area contributed by atoms with Crippen molar-refractivity contribution < 1.29 is 9.59 Å². The molecule has 138 valence electrons. The number of benzene rings is 1. The standard InChI is InChI=1S/C19H23ClN4O2/c1-3-15-12-23(19(26)18-16(20)13-22(2)21-18)10-9-17(25)24(15)11-14-7-5-4-6-8-14/h4-8,13,15H,3,9-12H2,1-2H3. The Labute approximate surface area is 158 Å². The van der Waals surface area contributed by atoms with Gasteiger partial charge in [0.1, 0.15) is 0 Å². The van der Waals surface area contributed by atoms with E-state index in [0.29, 0.717) is 31.1 Å². The van der Waals surface area contributed by atoms with E-state index in [4.69, 9.17) is 11.6 Å². The summed E-state index contributed by atoms with van der Waals surface area (Å²) in [6.07, 6.45) is 2.69. The van der Waals surface area contributed by atoms with Crippen LogP contribution in [-0.4, -0.2) is 50.5 Å². The van der Waals surface area contributed by atoms with Gasteiger partial charge in [-0.05, 0) is 12.0 Å². The van der Waals surface area contributed by atoms with Crippen molar-refractivity contribution in [3.8, 4) is 0 Å². The number of aryl methyl sites for hydroxylation is 1. The van der Waals surface area contributed by atoms with E-state index in [1.54, 1.807) is 18.1 Å². The largest absolute Gasteiger partial charge is 0.335 e. The first-order chi connectivity index (χ1) is 12.5. The minimum absolute atomic E-state index is 0.0309. The second-order valence-electron chi connectivity index (χ2n) is 6.57. The van der Waals surface area contributed by atoms with Crippen molar-refractivity contribution in [2.45, 2.75) is 32.4 Å². The fourth-order valence-corrected chi connectivity index (χ4v) is 3.57. The average Bonchev–Trinajstić information content (AvgIpc) is 2.89. The molecule has 3 rings (SSSR count). The van der Waals surface area contributed by atoms with Crippen molar-refractivity contribution in [1.29, 1.82) is 0 Å². The van der Waals surface area contributed by atoms with Crippen molar-refractivity contribution >= 4 is 23.4 Å². The van der Waals surface area contributed by atoms with Crippen molar-refractivity contribution in [2.75, 3.05) is 13.1 Å². The molecule has 0 N–H and O–H groups in total. The lowest BCUT2D eigenvalue weighted by atomic mass is 10.1. The van der Waals surface area contributed by atoms with Crippen LogP contribution in [0.4, 0.5) is 0 Å².